The first-order valence-corrected chi connectivity index (χ1v) is 3.34. The molecule has 0 aromatic carbocycles. The molecular weight excluding hydrogens is 187 g/mol. The van der Waals surface area contributed by atoms with Crippen LogP contribution in [0.25, 0.3) is 0 Å². The third-order valence-corrected chi connectivity index (χ3v) is 1.44. The second kappa shape index (κ2) is 5.21. The SMILES string of the molecule is O=C([O-])CN1CCN=C1C(=O)O.[Na+]. The summed E-state index contributed by atoms with van der Waals surface area (Å²) in [7, 11) is 0. The molecule has 1 aliphatic rings. The number of carboxylic acid groups (broad SMARTS) is 2. The van der Waals surface area contributed by atoms with E-state index in [4.69, 9.17) is 5.11 Å². The Morgan fingerprint density at radius 3 is 2.69 bits per heavy atom. The van der Waals surface area contributed by atoms with Crippen molar-refractivity contribution in [1.29, 1.82) is 0 Å². The van der Waals surface area contributed by atoms with Crippen LogP contribution in [0.1, 0.15) is 0 Å². The number of hydrogen-bond donors (Lipinski definition) is 1. The number of carbonyl (C=O) groups excluding carboxylic acids is 1. The van der Waals surface area contributed by atoms with E-state index in [-0.39, 0.29) is 35.4 Å². The van der Waals surface area contributed by atoms with Gasteiger partial charge in [-0.3, -0.25) is 4.99 Å². The number of nitrogens with zero attached hydrogens (tertiary/aromatic N) is 2. The average molecular weight is 194 g/mol. The van der Waals surface area contributed by atoms with Gasteiger partial charge in [-0.25, -0.2) is 4.79 Å². The van der Waals surface area contributed by atoms with Crippen LogP contribution in [0.5, 0.6) is 0 Å². The van der Waals surface area contributed by atoms with E-state index in [1.54, 1.807) is 0 Å². The standard InChI is InChI=1S/C6H8N2O4.Na/c9-4(10)3-8-2-1-7-5(8)6(11)12;/h1-3H2,(H,9,10)(H,11,12);/q;+1/p-1. The predicted molar refractivity (Wildman–Crippen MR) is 36.5 cm³/mol. The minimum atomic E-state index is -1.30. The van der Waals surface area contributed by atoms with Crippen LogP contribution >= 0.6 is 0 Å². The number of carboxylic acids is 2. The van der Waals surface area contributed by atoms with E-state index in [0.29, 0.717) is 13.1 Å². The Morgan fingerprint density at radius 2 is 2.23 bits per heavy atom. The molecule has 66 valence electrons. The van der Waals surface area contributed by atoms with Gasteiger partial charge in [0, 0.05) is 6.54 Å². The van der Waals surface area contributed by atoms with Crippen LogP contribution in [0, 0.1) is 0 Å². The summed E-state index contributed by atoms with van der Waals surface area (Å²) in [4.78, 5) is 25.3. The van der Waals surface area contributed by atoms with Gasteiger partial charge in [0.15, 0.2) is 0 Å². The summed E-state index contributed by atoms with van der Waals surface area (Å²) in [6.07, 6.45) is 0. The Bertz CT molecular complexity index is 253. The zero-order valence-corrected chi connectivity index (χ0v) is 9.19. The monoisotopic (exact) mass is 194 g/mol. The molecule has 1 heterocycles. The second-order valence-corrected chi connectivity index (χ2v) is 2.30. The minimum Gasteiger partial charge on any atom is -0.548 e. The summed E-state index contributed by atoms with van der Waals surface area (Å²) in [5.74, 6) is -2.70. The molecule has 0 saturated heterocycles. The molecule has 0 spiro atoms. The van der Waals surface area contributed by atoms with Crippen molar-refractivity contribution in [1.82, 2.24) is 4.90 Å². The number of rotatable bonds is 3. The number of aliphatic imine (C=N–C) groups is 1. The predicted octanol–water partition coefficient (Wildman–Crippen LogP) is -5.46. The van der Waals surface area contributed by atoms with E-state index >= 15 is 0 Å². The van der Waals surface area contributed by atoms with Crippen molar-refractivity contribution in [2.24, 2.45) is 4.99 Å². The van der Waals surface area contributed by atoms with Crippen LogP contribution in [0.15, 0.2) is 4.99 Å². The normalized spacial score (nSPS) is 14.8. The maximum atomic E-state index is 10.4. The smallest absolute Gasteiger partial charge is 0.548 e. The van der Waals surface area contributed by atoms with Crippen LogP contribution in [0.2, 0.25) is 0 Å². The van der Waals surface area contributed by atoms with Crippen molar-refractivity contribution in [3.63, 3.8) is 0 Å². The van der Waals surface area contributed by atoms with Crippen LogP contribution in [0.4, 0.5) is 0 Å². The molecule has 1 rings (SSSR count). The van der Waals surface area contributed by atoms with Gasteiger partial charge in [0.1, 0.15) is 0 Å². The van der Waals surface area contributed by atoms with Gasteiger partial charge < -0.3 is 19.9 Å². The third kappa shape index (κ3) is 3.33. The first kappa shape index (κ1) is 12.4. The molecule has 0 amide bonds. The molecule has 1 N–H and O–H groups in total. The number of aliphatic carboxylic acids is 2. The van der Waals surface area contributed by atoms with Crippen molar-refractivity contribution >= 4 is 17.8 Å². The Hall–Kier alpha value is -0.590. The molecule has 1 aliphatic heterocycles. The van der Waals surface area contributed by atoms with E-state index < -0.39 is 18.5 Å². The van der Waals surface area contributed by atoms with Crippen molar-refractivity contribution < 1.29 is 49.4 Å². The third-order valence-electron chi connectivity index (χ3n) is 1.44. The molecule has 0 atom stereocenters. The van der Waals surface area contributed by atoms with E-state index in [1.165, 1.54) is 0 Å². The van der Waals surface area contributed by atoms with E-state index in [0.717, 1.165) is 4.90 Å². The summed E-state index contributed by atoms with van der Waals surface area (Å²) < 4.78 is 0. The summed E-state index contributed by atoms with van der Waals surface area (Å²) in [5, 5.41) is 18.6. The average Bonchev–Trinajstić information content (AvgIpc) is 2.33. The zero-order chi connectivity index (χ0) is 9.14. The van der Waals surface area contributed by atoms with Gasteiger partial charge in [0.25, 0.3) is 0 Å². The van der Waals surface area contributed by atoms with E-state index in [2.05, 4.69) is 4.99 Å². The first-order valence-electron chi connectivity index (χ1n) is 3.34. The molecule has 0 aromatic heterocycles. The van der Waals surface area contributed by atoms with Gasteiger partial charge in [0.2, 0.25) is 5.84 Å². The molecular formula is C6H7N2NaO4. The number of hydrogen-bond acceptors (Lipinski definition) is 5. The van der Waals surface area contributed by atoms with Crippen LogP contribution in [-0.4, -0.2) is 47.4 Å². The van der Waals surface area contributed by atoms with E-state index in [1.807, 2.05) is 0 Å². The molecule has 13 heavy (non-hydrogen) atoms. The van der Waals surface area contributed by atoms with Crippen molar-refractivity contribution in [3.05, 3.63) is 0 Å². The summed E-state index contributed by atoms with van der Waals surface area (Å²) >= 11 is 0. The minimum absolute atomic E-state index is 0. The fourth-order valence-electron chi connectivity index (χ4n) is 0.995. The maximum Gasteiger partial charge on any atom is 1.00 e. The number of amidine groups is 1. The summed E-state index contributed by atoms with van der Waals surface area (Å²) in [6, 6.07) is 0. The Morgan fingerprint density at radius 1 is 1.62 bits per heavy atom. The summed E-state index contributed by atoms with van der Waals surface area (Å²) in [6.45, 7) is 0.246. The molecule has 0 aromatic rings. The molecule has 0 aliphatic carbocycles. The maximum absolute atomic E-state index is 10.4. The molecule has 0 unspecified atom stereocenters. The molecule has 0 fully saturated rings. The second-order valence-electron chi connectivity index (χ2n) is 2.30. The molecule has 0 bridgehead atoms. The zero-order valence-electron chi connectivity index (χ0n) is 7.19. The van der Waals surface area contributed by atoms with Gasteiger partial charge in [-0.1, -0.05) is 0 Å². The molecule has 6 nitrogen and oxygen atoms in total. The van der Waals surface area contributed by atoms with Crippen LogP contribution in [-0.2, 0) is 9.59 Å². The molecule has 0 saturated carbocycles. The van der Waals surface area contributed by atoms with Gasteiger partial charge in [-0.15, -0.1) is 0 Å². The van der Waals surface area contributed by atoms with Crippen molar-refractivity contribution in [2.45, 2.75) is 0 Å². The largest absolute Gasteiger partial charge is 1.00 e. The van der Waals surface area contributed by atoms with Gasteiger partial charge in [0.05, 0.1) is 19.1 Å². The first-order chi connectivity index (χ1) is 5.61. The number of carbonyl (C=O) groups is 2. The van der Waals surface area contributed by atoms with E-state index in [9.17, 15) is 14.7 Å². The fourth-order valence-corrected chi connectivity index (χ4v) is 0.995. The Kier molecular flexibility index (Phi) is 4.97. The van der Waals surface area contributed by atoms with Crippen molar-refractivity contribution in [3.8, 4) is 0 Å². The Balaban J connectivity index is 0.00000144. The Labute approximate surface area is 96.5 Å². The van der Waals surface area contributed by atoms with Crippen LogP contribution in [0.3, 0.4) is 0 Å². The molecule has 0 radical (unpaired) electrons. The van der Waals surface area contributed by atoms with Crippen LogP contribution < -0.4 is 34.7 Å². The topological polar surface area (TPSA) is 93.0 Å². The van der Waals surface area contributed by atoms with Crippen molar-refractivity contribution in [2.75, 3.05) is 19.6 Å². The molecule has 7 heteroatoms. The van der Waals surface area contributed by atoms with Gasteiger partial charge in [-0.05, 0) is 0 Å². The summed E-state index contributed by atoms with van der Waals surface area (Å²) in [5.41, 5.74) is 0. The van der Waals surface area contributed by atoms with Gasteiger partial charge in [-0.2, -0.15) is 0 Å². The van der Waals surface area contributed by atoms with Gasteiger partial charge >= 0.3 is 35.5 Å². The fraction of sp³-hybridized carbons (Fsp3) is 0.500. The quantitative estimate of drug-likeness (QED) is 0.452.